The third-order valence-corrected chi connectivity index (χ3v) is 4.56. The lowest BCUT2D eigenvalue weighted by Crippen LogP contribution is -2.52. The summed E-state index contributed by atoms with van der Waals surface area (Å²) in [5, 5.41) is 12.4. The van der Waals surface area contributed by atoms with E-state index in [9.17, 15) is 10.1 Å². The second kappa shape index (κ2) is 4.91. The summed E-state index contributed by atoms with van der Waals surface area (Å²) in [5.41, 5.74) is -0.719. The maximum atomic E-state index is 12.3. The van der Waals surface area contributed by atoms with Gasteiger partial charge in [0, 0.05) is 6.04 Å². The van der Waals surface area contributed by atoms with Gasteiger partial charge in [-0.3, -0.25) is 4.79 Å². The fourth-order valence-electron chi connectivity index (χ4n) is 3.85. The summed E-state index contributed by atoms with van der Waals surface area (Å²) in [4.78, 5) is 12.3. The zero-order valence-electron chi connectivity index (χ0n) is 11.7. The summed E-state index contributed by atoms with van der Waals surface area (Å²) < 4.78 is 0. The Balaban J connectivity index is 1.93. The maximum absolute atomic E-state index is 12.3. The van der Waals surface area contributed by atoms with Gasteiger partial charge in [0.25, 0.3) is 0 Å². The lowest BCUT2D eigenvalue weighted by Gasteiger charge is -2.41. The smallest absolute Gasteiger partial charge is 0.240 e. The normalized spacial score (nSPS) is 43.7. The number of hydrogen-bond donors (Lipinski definition) is 1. The molecule has 3 nitrogen and oxygen atoms in total. The van der Waals surface area contributed by atoms with Crippen LogP contribution in [0.3, 0.4) is 0 Å². The average Bonchev–Trinajstić information content (AvgIpc) is 2.22. The van der Waals surface area contributed by atoms with Gasteiger partial charge in [-0.05, 0) is 49.9 Å². The van der Waals surface area contributed by atoms with Gasteiger partial charge in [-0.1, -0.05) is 20.8 Å². The van der Waals surface area contributed by atoms with Gasteiger partial charge in [-0.2, -0.15) is 5.26 Å². The average molecular weight is 248 g/mol. The zero-order valence-corrected chi connectivity index (χ0v) is 11.7. The van der Waals surface area contributed by atoms with Crippen molar-refractivity contribution in [3.8, 4) is 6.07 Å². The van der Waals surface area contributed by atoms with E-state index in [-0.39, 0.29) is 11.9 Å². The van der Waals surface area contributed by atoms with Crippen LogP contribution < -0.4 is 5.32 Å². The topological polar surface area (TPSA) is 52.9 Å². The predicted molar refractivity (Wildman–Crippen MR) is 70.6 cm³/mol. The molecule has 2 aliphatic rings. The first-order chi connectivity index (χ1) is 8.45. The molecule has 100 valence electrons. The van der Waals surface area contributed by atoms with E-state index >= 15 is 0 Å². The molecule has 0 spiro atoms. The summed E-state index contributed by atoms with van der Waals surface area (Å²) in [7, 11) is 0. The van der Waals surface area contributed by atoms with Gasteiger partial charge in [-0.25, -0.2) is 0 Å². The molecule has 0 aromatic heterocycles. The Morgan fingerprint density at radius 3 is 2.11 bits per heavy atom. The van der Waals surface area contributed by atoms with Crippen molar-refractivity contribution in [1.82, 2.24) is 5.32 Å². The predicted octanol–water partition coefficient (Wildman–Crippen LogP) is 2.87. The summed E-state index contributed by atoms with van der Waals surface area (Å²) in [6.45, 7) is 6.61. The standard InChI is InChI=1S/C15H24N2O/c1-10-4-11(2)6-13(5-10)17-14(18)15(9-16)7-12(3)8-15/h10-13H,4-8H2,1-3H3,(H,17,18). The van der Waals surface area contributed by atoms with Crippen LogP contribution in [-0.4, -0.2) is 11.9 Å². The van der Waals surface area contributed by atoms with Crippen molar-refractivity contribution in [2.75, 3.05) is 0 Å². The van der Waals surface area contributed by atoms with Crippen molar-refractivity contribution in [3.63, 3.8) is 0 Å². The van der Waals surface area contributed by atoms with Crippen LogP contribution in [0.25, 0.3) is 0 Å². The van der Waals surface area contributed by atoms with Crippen LogP contribution in [0.1, 0.15) is 52.9 Å². The minimum atomic E-state index is -0.719. The third kappa shape index (κ3) is 2.53. The van der Waals surface area contributed by atoms with E-state index in [0.717, 1.165) is 25.7 Å². The fourth-order valence-corrected chi connectivity index (χ4v) is 3.85. The Hall–Kier alpha value is -1.04. The first kappa shape index (κ1) is 13.4. The van der Waals surface area contributed by atoms with Crippen molar-refractivity contribution in [2.45, 2.75) is 58.9 Å². The molecule has 0 saturated heterocycles. The van der Waals surface area contributed by atoms with Crippen LogP contribution in [0.2, 0.25) is 0 Å². The Morgan fingerprint density at radius 1 is 1.11 bits per heavy atom. The highest BCUT2D eigenvalue weighted by atomic mass is 16.2. The zero-order chi connectivity index (χ0) is 13.3. The quantitative estimate of drug-likeness (QED) is 0.817. The van der Waals surface area contributed by atoms with E-state index in [1.54, 1.807) is 0 Å². The Morgan fingerprint density at radius 2 is 1.67 bits per heavy atom. The highest BCUT2D eigenvalue weighted by Crippen LogP contribution is 2.45. The summed E-state index contributed by atoms with van der Waals surface area (Å²) in [6, 6.07) is 2.52. The van der Waals surface area contributed by atoms with Crippen LogP contribution in [0, 0.1) is 34.5 Å². The fraction of sp³-hybridized carbons (Fsp3) is 0.867. The van der Waals surface area contributed by atoms with Crippen molar-refractivity contribution in [1.29, 1.82) is 5.26 Å². The van der Waals surface area contributed by atoms with Gasteiger partial charge in [-0.15, -0.1) is 0 Å². The van der Waals surface area contributed by atoms with Crippen LogP contribution in [-0.2, 0) is 4.79 Å². The molecule has 18 heavy (non-hydrogen) atoms. The molecular weight excluding hydrogens is 224 g/mol. The first-order valence-corrected chi connectivity index (χ1v) is 7.17. The second-order valence-electron chi connectivity index (χ2n) is 6.80. The van der Waals surface area contributed by atoms with Crippen molar-refractivity contribution < 1.29 is 4.79 Å². The third-order valence-electron chi connectivity index (χ3n) is 4.56. The lowest BCUT2D eigenvalue weighted by molar-refractivity contribution is -0.135. The van der Waals surface area contributed by atoms with E-state index in [0.29, 0.717) is 17.8 Å². The van der Waals surface area contributed by atoms with Gasteiger partial charge >= 0.3 is 0 Å². The van der Waals surface area contributed by atoms with E-state index in [1.807, 2.05) is 0 Å². The molecule has 2 unspecified atom stereocenters. The molecule has 2 saturated carbocycles. The molecular formula is C15H24N2O. The van der Waals surface area contributed by atoms with Gasteiger partial charge < -0.3 is 5.32 Å². The van der Waals surface area contributed by atoms with Gasteiger partial charge in [0.2, 0.25) is 5.91 Å². The van der Waals surface area contributed by atoms with Crippen LogP contribution in [0.15, 0.2) is 0 Å². The molecule has 2 fully saturated rings. The molecule has 0 aromatic carbocycles. The van der Waals surface area contributed by atoms with Gasteiger partial charge in [0.15, 0.2) is 0 Å². The van der Waals surface area contributed by atoms with E-state index < -0.39 is 5.41 Å². The molecule has 1 N–H and O–H groups in total. The minimum absolute atomic E-state index is 0.0191. The SMILES string of the molecule is CC1CC(C)CC(NC(=O)C2(C#N)CC(C)C2)C1. The highest BCUT2D eigenvalue weighted by molar-refractivity contribution is 5.86. The number of nitrogens with one attached hydrogen (secondary N) is 1. The number of carbonyl (C=O) groups excluding carboxylic acids is 1. The number of nitrogens with zero attached hydrogens (tertiary/aromatic N) is 1. The summed E-state index contributed by atoms with van der Waals surface area (Å²) in [6.07, 6.45) is 4.84. The molecule has 1 amide bonds. The Bertz CT molecular complexity index is 355. The Kier molecular flexibility index (Phi) is 3.66. The van der Waals surface area contributed by atoms with Gasteiger partial charge in [0.1, 0.15) is 5.41 Å². The molecule has 0 bridgehead atoms. The molecule has 2 rings (SSSR count). The largest absolute Gasteiger partial charge is 0.352 e. The molecule has 2 atom stereocenters. The van der Waals surface area contributed by atoms with Crippen LogP contribution in [0.4, 0.5) is 0 Å². The number of nitriles is 1. The lowest BCUT2D eigenvalue weighted by atomic mass is 9.63. The molecule has 0 aromatic rings. The van der Waals surface area contributed by atoms with E-state index in [1.165, 1.54) is 6.42 Å². The van der Waals surface area contributed by atoms with Gasteiger partial charge in [0.05, 0.1) is 6.07 Å². The molecule has 2 aliphatic carbocycles. The highest BCUT2D eigenvalue weighted by Gasteiger charge is 2.49. The van der Waals surface area contributed by atoms with Crippen LogP contribution >= 0.6 is 0 Å². The van der Waals surface area contributed by atoms with E-state index in [4.69, 9.17) is 0 Å². The molecule has 0 heterocycles. The molecule has 0 aliphatic heterocycles. The number of amides is 1. The van der Waals surface area contributed by atoms with Crippen molar-refractivity contribution in [2.24, 2.45) is 23.2 Å². The Labute approximate surface area is 110 Å². The summed E-state index contributed by atoms with van der Waals surface area (Å²) in [5.74, 6) is 1.85. The first-order valence-electron chi connectivity index (χ1n) is 7.17. The number of carbonyl (C=O) groups is 1. The number of hydrogen-bond acceptors (Lipinski definition) is 2. The number of rotatable bonds is 2. The minimum Gasteiger partial charge on any atom is -0.352 e. The monoisotopic (exact) mass is 248 g/mol. The van der Waals surface area contributed by atoms with Crippen molar-refractivity contribution in [3.05, 3.63) is 0 Å². The molecule has 3 heteroatoms. The van der Waals surface area contributed by atoms with Crippen molar-refractivity contribution >= 4 is 5.91 Å². The van der Waals surface area contributed by atoms with Crippen LogP contribution in [0.5, 0.6) is 0 Å². The summed E-state index contributed by atoms with van der Waals surface area (Å²) >= 11 is 0. The molecule has 0 radical (unpaired) electrons. The second-order valence-corrected chi connectivity index (χ2v) is 6.80. The maximum Gasteiger partial charge on any atom is 0.240 e. The van der Waals surface area contributed by atoms with E-state index in [2.05, 4.69) is 32.2 Å².